The van der Waals surface area contributed by atoms with Gasteiger partial charge in [0.15, 0.2) is 0 Å². The molecule has 1 saturated heterocycles. The molecule has 1 aromatic carbocycles. The van der Waals surface area contributed by atoms with Gasteiger partial charge in [0.2, 0.25) is 11.8 Å². The zero-order valence-corrected chi connectivity index (χ0v) is 12.9. The zero-order chi connectivity index (χ0) is 15.4. The van der Waals surface area contributed by atoms with E-state index in [4.69, 9.17) is 11.6 Å². The van der Waals surface area contributed by atoms with E-state index in [0.29, 0.717) is 28.7 Å². The van der Waals surface area contributed by atoms with Crippen LogP contribution in [0.1, 0.15) is 6.92 Å². The van der Waals surface area contributed by atoms with Crippen molar-refractivity contribution < 1.29 is 14.4 Å². The first-order valence-electron chi connectivity index (χ1n) is 6.24. The molecule has 3 amide bonds. The molecule has 2 N–H and O–H groups in total. The van der Waals surface area contributed by atoms with Crippen molar-refractivity contribution in [2.24, 2.45) is 0 Å². The Bertz CT molecular complexity index is 594. The third-order valence-electron chi connectivity index (χ3n) is 2.74. The van der Waals surface area contributed by atoms with E-state index in [1.54, 1.807) is 18.2 Å². The summed E-state index contributed by atoms with van der Waals surface area (Å²) >= 11 is 7.23. The third kappa shape index (κ3) is 4.37. The van der Waals surface area contributed by atoms with Gasteiger partial charge in [-0.2, -0.15) is 0 Å². The summed E-state index contributed by atoms with van der Waals surface area (Å²) in [6.07, 6.45) is 0. The summed E-state index contributed by atoms with van der Waals surface area (Å²) in [5, 5.41) is 5.50. The summed E-state index contributed by atoms with van der Waals surface area (Å²) in [5.74, 6) is 0.205. The van der Waals surface area contributed by atoms with Gasteiger partial charge >= 0.3 is 0 Å². The summed E-state index contributed by atoms with van der Waals surface area (Å²) in [5.41, 5.74) is 0.992. The number of rotatable bonds is 4. The predicted molar refractivity (Wildman–Crippen MR) is 83.8 cm³/mol. The number of nitrogens with zero attached hydrogens (tertiary/aromatic N) is 1. The lowest BCUT2D eigenvalue weighted by atomic mass is 10.2. The first-order valence-corrected chi connectivity index (χ1v) is 7.61. The van der Waals surface area contributed by atoms with Gasteiger partial charge in [-0.05, 0) is 18.2 Å². The number of hydrogen-bond acceptors (Lipinski definition) is 4. The van der Waals surface area contributed by atoms with Crippen LogP contribution in [0, 0.1) is 0 Å². The molecule has 21 heavy (non-hydrogen) atoms. The average molecular weight is 328 g/mol. The molecular weight excluding hydrogens is 314 g/mol. The lowest BCUT2D eigenvalue weighted by Crippen LogP contribution is -2.33. The molecule has 0 aliphatic carbocycles. The molecule has 0 radical (unpaired) electrons. The second-order valence-corrected chi connectivity index (χ2v) is 5.91. The third-order valence-corrected chi connectivity index (χ3v) is 3.95. The minimum absolute atomic E-state index is 0.0247. The molecule has 1 heterocycles. The van der Waals surface area contributed by atoms with E-state index in [9.17, 15) is 14.4 Å². The van der Waals surface area contributed by atoms with Gasteiger partial charge < -0.3 is 15.5 Å². The van der Waals surface area contributed by atoms with Crippen molar-refractivity contribution in [3.63, 3.8) is 0 Å². The van der Waals surface area contributed by atoms with E-state index in [-0.39, 0.29) is 23.6 Å². The summed E-state index contributed by atoms with van der Waals surface area (Å²) in [6.45, 7) is 1.99. The molecule has 2 rings (SSSR count). The number of amides is 3. The van der Waals surface area contributed by atoms with Gasteiger partial charge in [0.25, 0.3) is 5.24 Å². The van der Waals surface area contributed by atoms with Gasteiger partial charge in [-0.25, -0.2) is 0 Å². The molecular formula is C13H14ClN3O3S. The smallest absolute Gasteiger partial charge is 0.282 e. The van der Waals surface area contributed by atoms with Crippen LogP contribution in [0.15, 0.2) is 18.2 Å². The fraction of sp³-hybridized carbons (Fsp3) is 0.308. The molecule has 1 fully saturated rings. The van der Waals surface area contributed by atoms with Gasteiger partial charge in [-0.15, -0.1) is 0 Å². The van der Waals surface area contributed by atoms with Crippen molar-refractivity contribution in [1.29, 1.82) is 0 Å². The van der Waals surface area contributed by atoms with Crippen molar-refractivity contribution in [2.45, 2.75) is 6.92 Å². The van der Waals surface area contributed by atoms with E-state index < -0.39 is 0 Å². The van der Waals surface area contributed by atoms with E-state index in [1.807, 2.05) is 0 Å². The van der Waals surface area contributed by atoms with Crippen molar-refractivity contribution in [3.8, 4) is 0 Å². The highest BCUT2D eigenvalue weighted by Crippen LogP contribution is 2.25. The Morgan fingerprint density at radius 2 is 2.14 bits per heavy atom. The minimum Gasteiger partial charge on any atom is -0.325 e. The molecule has 8 heteroatoms. The van der Waals surface area contributed by atoms with Crippen LogP contribution in [-0.4, -0.2) is 40.8 Å². The van der Waals surface area contributed by atoms with E-state index in [1.165, 1.54) is 23.6 Å². The average Bonchev–Trinajstić information content (AvgIpc) is 2.78. The maximum absolute atomic E-state index is 11.9. The summed E-state index contributed by atoms with van der Waals surface area (Å²) in [7, 11) is 0. The van der Waals surface area contributed by atoms with Gasteiger partial charge in [0, 0.05) is 24.9 Å². The number of benzene rings is 1. The fourth-order valence-electron chi connectivity index (χ4n) is 1.83. The van der Waals surface area contributed by atoms with Crippen LogP contribution in [0.25, 0.3) is 0 Å². The Labute approximate surface area is 131 Å². The Morgan fingerprint density at radius 3 is 2.71 bits per heavy atom. The van der Waals surface area contributed by atoms with E-state index in [0.717, 1.165) is 0 Å². The largest absolute Gasteiger partial charge is 0.325 e. The van der Waals surface area contributed by atoms with Gasteiger partial charge in [0.05, 0.1) is 10.7 Å². The first-order chi connectivity index (χ1) is 9.95. The maximum atomic E-state index is 11.9. The van der Waals surface area contributed by atoms with Crippen LogP contribution in [0.4, 0.5) is 16.2 Å². The molecule has 1 aliphatic rings. The Kier molecular flexibility index (Phi) is 5.08. The number of thioether (sulfide) groups is 1. The van der Waals surface area contributed by atoms with Crippen LogP contribution in [-0.2, 0) is 9.59 Å². The quantitative estimate of drug-likeness (QED) is 0.890. The summed E-state index contributed by atoms with van der Waals surface area (Å²) < 4.78 is 0. The number of carbonyl (C=O) groups excluding carboxylic acids is 3. The molecule has 0 atom stereocenters. The molecule has 1 aromatic rings. The molecule has 0 bridgehead atoms. The van der Waals surface area contributed by atoms with Crippen LogP contribution in [0.3, 0.4) is 0 Å². The number of anilines is 2. The summed E-state index contributed by atoms with van der Waals surface area (Å²) in [6, 6.07) is 4.79. The van der Waals surface area contributed by atoms with Crippen molar-refractivity contribution in [3.05, 3.63) is 23.2 Å². The zero-order valence-electron chi connectivity index (χ0n) is 11.3. The van der Waals surface area contributed by atoms with Crippen LogP contribution >= 0.6 is 23.4 Å². The number of carbonyl (C=O) groups is 3. The van der Waals surface area contributed by atoms with E-state index >= 15 is 0 Å². The Balaban J connectivity index is 1.96. The van der Waals surface area contributed by atoms with Crippen LogP contribution < -0.4 is 10.6 Å². The molecule has 0 saturated carbocycles. The fourth-order valence-corrected chi connectivity index (χ4v) is 2.88. The summed E-state index contributed by atoms with van der Waals surface area (Å²) in [4.78, 5) is 35.7. The number of nitrogens with one attached hydrogen (secondary N) is 2. The van der Waals surface area contributed by atoms with Gasteiger partial charge in [-0.1, -0.05) is 23.4 Å². The van der Waals surface area contributed by atoms with Crippen LogP contribution in [0.2, 0.25) is 5.02 Å². The molecule has 1 aliphatic heterocycles. The standard InChI is InChI=1S/C13H14ClN3O3S/c1-8(18)15-11-3-2-9(6-10(11)14)16-12(19)7-17-4-5-21-13(17)20/h2-3,6H,4-5,7H2,1H3,(H,15,18)(H,16,19). The molecule has 0 spiro atoms. The number of hydrogen-bond donors (Lipinski definition) is 2. The highest BCUT2D eigenvalue weighted by molar-refractivity contribution is 8.13. The second kappa shape index (κ2) is 6.82. The topological polar surface area (TPSA) is 78.5 Å². The monoisotopic (exact) mass is 327 g/mol. The highest BCUT2D eigenvalue weighted by Gasteiger charge is 2.23. The second-order valence-electron chi connectivity index (χ2n) is 4.46. The Morgan fingerprint density at radius 1 is 1.38 bits per heavy atom. The van der Waals surface area contributed by atoms with E-state index in [2.05, 4.69) is 10.6 Å². The molecule has 0 unspecified atom stereocenters. The van der Waals surface area contributed by atoms with Crippen LogP contribution in [0.5, 0.6) is 0 Å². The number of halogens is 1. The van der Waals surface area contributed by atoms with Crippen molar-refractivity contribution in [1.82, 2.24) is 4.90 Å². The molecule has 6 nitrogen and oxygen atoms in total. The predicted octanol–water partition coefficient (Wildman–Crippen LogP) is 2.41. The first kappa shape index (κ1) is 15.7. The normalized spacial score (nSPS) is 14.2. The van der Waals surface area contributed by atoms with Gasteiger partial charge in [0.1, 0.15) is 6.54 Å². The molecule has 0 aromatic heterocycles. The Hall–Kier alpha value is -1.73. The minimum atomic E-state index is -0.283. The SMILES string of the molecule is CC(=O)Nc1ccc(NC(=O)CN2CCSC2=O)cc1Cl. The van der Waals surface area contributed by atoms with Crippen molar-refractivity contribution >= 4 is 51.8 Å². The lowest BCUT2D eigenvalue weighted by molar-refractivity contribution is -0.116. The maximum Gasteiger partial charge on any atom is 0.282 e. The van der Waals surface area contributed by atoms with Gasteiger partial charge in [-0.3, -0.25) is 14.4 Å². The molecule has 112 valence electrons. The van der Waals surface area contributed by atoms with Crippen molar-refractivity contribution in [2.75, 3.05) is 29.5 Å². The highest BCUT2D eigenvalue weighted by atomic mass is 35.5. The lowest BCUT2D eigenvalue weighted by Gasteiger charge is -2.14.